The number of alkyl halides is 3. The highest BCUT2D eigenvalue weighted by atomic mass is 35.5. The number of nitrogens with zero attached hydrogens (tertiary/aromatic N) is 2. The third-order valence-corrected chi connectivity index (χ3v) is 7.77. The van der Waals surface area contributed by atoms with Gasteiger partial charge in [-0.2, -0.15) is 18.3 Å². The number of hydrazone groups is 1. The van der Waals surface area contributed by atoms with E-state index in [0.717, 1.165) is 23.3 Å². The number of sulfonamides is 1. The SMILES string of the molecule is C/C(=N\NC(=O)CN(c1cc(C(F)(F)F)ccc1Cl)S(=O)(=O)c1ccccc1)c1ccc(C(C)(C)C)cc1. The Morgan fingerprint density at radius 2 is 1.53 bits per heavy atom. The van der Waals surface area contributed by atoms with Crippen molar-refractivity contribution in [3.05, 3.63) is 94.5 Å². The maximum absolute atomic E-state index is 13.4. The van der Waals surface area contributed by atoms with E-state index in [4.69, 9.17) is 11.6 Å². The minimum absolute atomic E-state index is 0.0454. The average molecular weight is 566 g/mol. The number of hydrogen-bond donors (Lipinski definition) is 1. The molecule has 0 aliphatic heterocycles. The van der Waals surface area contributed by atoms with Gasteiger partial charge in [0, 0.05) is 0 Å². The monoisotopic (exact) mass is 565 g/mol. The molecule has 1 amide bonds. The van der Waals surface area contributed by atoms with Crippen molar-refractivity contribution < 1.29 is 26.4 Å². The van der Waals surface area contributed by atoms with Gasteiger partial charge in [-0.1, -0.05) is 74.8 Å². The molecule has 11 heteroatoms. The van der Waals surface area contributed by atoms with Crippen molar-refractivity contribution in [3.8, 4) is 0 Å². The molecule has 0 aliphatic rings. The second kappa shape index (κ2) is 11.2. The first kappa shape index (κ1) is 29.2. The van der Waals surface area contributed by atoms with Crippen LogP contribution < -0.4 is 9.73 Å². The molecule has 0 aromatic heterocycles. The van der Waals surface area contributed by atoms with Crippen molar-refractivity contribution in [1.29, 1.82) is 0 Å². The van der Waals surface area contributed by atoms with Crippen molar-refractivity contribution in [2.45, 2.75) is 44.2 Å². The highest BCUT2D eigenvalue weighted by Crippen LogP contribution is 2.37. The van der Waals surface area contributed by atoms with Gasteiger partial charge in [-0.05, 0) is 53.8 Å². The molecule has 3 rings (SSSR count). The summed E-state index contributed by atoms with van der Waals surface area (Å²) < 4.78 is 67.6. The number of halogens is 4. The lowest BCUT2D eigenvalue weighted by Gasteiger charge is -2.25. The summed E-state index contributed by atoms with van der Waals surface area (Å²) in [5.41, 5.74) is 2.94. The van der Waals surface area contributed by atoms with Crippen molar-refractivity contribution >= 4 is 38.9 Å². The maximum Gasteiger partial charge on any atom is 0.416 e. The second-order valence-corrected chi connectivity index (χ2v) is 11.8. The van der Waals surface area contributed by atoms with Crippen LogP contribution in [0.25, 0.3) is 0 Å². The van der Waals surface area contributed by atoms with E-state index < -0.39 is 39.9 Å². The molecule has 0 unspecified atom stereocenters. The molecule has 3 aromatic carbocycles. The van der Waals surface area contributed by atoms with Crippen molar-refractivity contribution in [1.82, 2.24) is 5.43 Å². The zero-order chi connectivity index (χ0) is 28.3. The van der Waals surface area contributed by atoms with Crippen LogP contribution in [0.4, 0.5) is 18.9 Å². The Morgan fingerprint density at radius 1 is 0.947 bits per heavy atom. The summed E-state index contributed by atoms with van der Waals surface area (Å²) in [6.45, 7) is 7.03. The van der Waals surface area contributed by atoms with E-state index in [9.17, 15) is 26.4 Å². The summed E-state index contributed by atoms with van der Waals surface area (Å²) in [7, 11) is -4.47. The topological polar surface area (TPSA) is 78.8 Å². The van der Waals surface area contributed by atoms with Gasteiger partial charge >= 0.3 is 6.18 Å². The van der Waals surface area contributed by atoms with E-state index >= 15 is 0 Å². The van der Waals surface area contributed by atoms with Gasteiger partial charge in [0.25, 0.3) is 15.9 Å². The fourth-order valence-corrected chi connectivity index (χ4v) is 5.21. The summed E-state index contributed by atoms with van der Waals surface area (Å²) >= 11 is 6.14. The van der Waals surface area contributed by atoms with Crippen LogP contribution in [-0.2, 0) is 26.4 Å². The lowest BCUT2D eigenvalue weighted by atomic mass is 9.86. The second-order valence-electron chi connectivity index (χ2n) is 9.55. The van der Waals surface area contributed by atoms with Crippen LogP contribution in [0, 0.1) is 0 Å². The van der Waals surface area contributed by atoms with Crippen LogP contribution >= 0.6 is 11.6 Å². The molecule has 6 nitrogen and oxygen atoms in total. The first-order valence-corrected chi connectivity index (χ1v) is 13.3. The van der Waals surface area contributed by atoms with E-state index in [0.29, 0.717) is 16.1 Å². The van der Waals surface area contributed by atoms with E-state index in [2.05, 4.69) is 31.3 Å². The van der Waals surface area contributed by atoms with Gasteiger partial charge in [0.2, 0.25) is 0 Å². The Hall–Kier alpha value is -3.37. The zero-order valence-corrected chi connectivity index (χ0v) is 22.7. The molecular formula is C27H27ClF3N3O3S. The van der Waals surface area contributed by atoms with Crippen molar-refractivity contribution in [3.63, 3.8) is 0 Å². The number of carbonyl (C=O) groups is 1. The number of benzene rings is 3. The van der Waals surface area contributed by atoms with Gasteiger partial charge in [0.05, 0.1) is 26.9 Å². The van der Waals surface area contributed by atoms with Crippen molar-refractivity contribution in [2.24, 2.45) is 5.10 Å². The zero-order valence-electron chi connectivity index (χ0n) is 21.2. The molecule has 202 valence electrons. The van der Waals surface area contributed by atoms with Crippen LogP contribution in [0.5, 0.6) is 0 Å². The third-order valence-electron chi connectivity index (χ3n) is 5.68. The Morgan fingerprint density at radius 3 is 2.08 bits per heavy atom. The standard InChI is InChI=1S/C27H27ClF3N3O3S/c1-18(19-10-12-20(13-11-19)26(2,3)4)32-33-25(35)17-34(38(36,37)22-8-6-5-7-9-22)24-16-21(27(29,30)31)14-15-23(24)28/h5-16H,17H2,1-4H3,(H,33,35)/b32-18+. The lowest BCUT2D eigenvalue weighted by Crippen LogP contribution is -2.40. The molecule has 38 heavy (non-hydrogen) atoms. The average Bonchev–Trinajstić information content (AvgIpc) is 2.85. The smallest absolute Gasteiger partial charge is 0.271 e. The highest BCUT2D eigenvalue weighted by Gasteiger charge is 2.34. The van der Waals surface area contributed by atoms with Crippen LogP contribution in [0.3, 0.4) is 0 Å². The van der Waals surface area contributed by atoms with Crippen molar-refractivity contribution in [2.75, 3.05) is 10.8 Å². The quantitative estimate of drug-likeness (QED) is 0.266. The molecule has 1 N–H and O–H groups in total. The summed E-state index contributed by atoms with van der Waals surface area (Å²) in [4.78, 5) is 12.6. The third kappa shape index (κ3) is 6.93. The minimum atomic E-state index is -4.76. The molecule has 0 radical (unpaired) electrons. The molecule has 0 heterocycles. The first-order chi connectivity index (χ1) is 17.6. The summed E-state index contributed by atoms with van der Waals surface area (Å²) in [6.07, 6.45) is -4.76. The minimum Gasteiger partial charge on any atom is -0.271 e. The Labute approximate surface area is 225 Å². The fraction of sp³-hybridized carbons (Fsp3) is 0.259. The van der Waals surface area contributed by atoms with Gasteiger partial charge in [0.15, 0.2) is 0 Å². The normalized spacial score (nSPS) is 12.8. The molecule has 3 aromatic rings. The molecular weight excluding hydrogens is 539 g/mol. The Balaban J connectivity index is 1.93. The Bertz CT molecular complexity index is 1430. The predicted molar refractivity (Wildman–Crippen MR) is 143 cm³/mol. The molecule has 0 spiro atoms. The number of anilines is 1. The molecule has 0 aliphatic carbocycles. The number of nitrogens with one attached hydrogen (secondary N) is 1. The first-order valence-electron chi connectivity index (χ1n) is 11.5. The predicted octanol–water partition coefficient (Wildman–Crippen LogP) is 6.39. The van der Waals surface area contributed by atoms with Crippen LogP contribution in [0.2, 0.25) is 5.02 Å². The van der Waals surface area contributed by atoms with Gasteiger partial charge in [0.1, 0.15) is 6.54 Å². The van der Waals surface area contributed by atoms with E-state index in [1.54, 1.807) is 13.0 Å². The summed E-state index contributed by atoms with van der Waals surface area (Å²) in [5, 5.41) is 3.78. The number of hydrogen-bond acceptors (Lipinski definition) is 4. The van der Waals surface area contributed by atoms with Gasteiger partial charge < -0.3 is 0 Å². The fourth-order valence-electron chi connectivity index (χ4n) is 3.49. The number of carbonyl (C=O) groups excluding carboxylic acids is 1. The van der Waals surface area contributed by atoms with Crippen LogP contribution in [0.15, 0.2) is 82.8 Å². The largest absolute Gasteiger partial charge is 0.416 e. The Kier molecular flexibility index (Phi) is 8.58. The summed E-state index contributed by atoms with van der Waals surface area (Å²) in [5.74, 6) is -0.872. The van der Waals surface area contributed by atoms with Crippen LogP contribution in [-0.4, -0.2) is 26.6 Å². The lowest BCUT2D eigenvalue weighted by molar-refractivity contribution is -0.137. The molecule has 0 atom stereocenters. The van der Waals surface area contributed by atoms with Gasteiger partial charge in [-0.3, -0.25) is 9.10 Å². The number of amides is 1. The molecule has 0 bridgehead atoms. The van der Waals surface area contributed by atoms with Gasteiger partial charge in [-0.15, -0.1) is 0 Å². The molecule has 0 fully saturated rings. The summed E-state index contributed by atoms with van der Waals surface area (Å²) in [6, 6.07) is 16.9. The molecule has 0 saturated heterocycles. The van der Waals surface area contributed by atoms with Gasteiger partial charge in [-0.25, -0.2) is 13.8 Å². The highest BCUT2D eigenvalue weighted by molar-refractivity contribution is 7.92. The number of rotatable bonds is 7. The molecule has 0 saturated carbocycles. The van der Waals surface area contributed by atoms with E-state index in [1.807, 2.05) is 24.3 Å². The maximum atomic E-state index is 13.4. The van der Waals surface area contributed by atoms with E-state index in [-0.39, 0.29) is 15.3 Å². The van der Waals surface area contributed by atoms with E-state index in [1.165, 1.54) is 24.3 Å². The van der Waals surface area contributed by atoms with Crippen LogP contribution in [0.1, 0.15) is 44.4 Å².